The number of tetrazole rings is 1. The van der Waals surface area contributed by atoms with Crippen LogP contribution in [0.2, 0.25) is 0 Å². The van der Waals surface area contributed by atoms with E-state index in [-0.39, 0.29) is 11.6 Å². The zero-order chi connectivity index (χ0) is 21.0. The number of hydrogen-bond acceptors (Lipinski definition) is 3. The Morgan fingerprint density at radius 2 is 1.57 bits per heavy atom. The van der Waals surface area contributed by atoms with Crippen LogP contribution in [0.25, 0.3) is 0 Å². The molecular weight excluding hydrogens is 372 g/mol. The number of nitrogens with zero attached hydrogens (tertiary/aromatic N) is 4. The maximum Gasteiger partial charge on any atom is 0.214 e. The molecule has 0 spiro atoms. The highest BCUT2D eigenvalue weighted by Crippen LogP contribution is 2.24. The van der Waals surface area contributed by atoms with Crippen LogP contribution in [0.3, 0.4) is 0 Å². The third-order valence-corrected chi connectivity index (χ3v) is 6.63. The molecule has 6 heteroatoms. The predicted molar refractivity (Wildman–Crippen MR) is 117 cm³/mol. The Balaban J connectivity index is 1.56. The van der Waals surface area contributed by atoms with Gasteiger partial charge in [-0.25, -0.2) is 4.68 Å². The zero-order valence-electron chi connectivity index (χ0n) is 18.4. The minimum atomic E-state index is -0.105. The predicted octanol–water partition coefficient (Wildman–Crippen LogP) is 0.891. The van der Waals surface area contributed by atoms with Crippen LogP contribution in [-0.4, -0.2) is 46.4 Å². The summed E-state index contributed by atoms with van der Waals surface area (Å²) in [7, 11) is 0. The summed E-state index contributed by atoms with van der Waals surface area (Å²) in [5.74, 6) is 0.981. The minimum absolute atomic E-state index is 0.105. The molecule has 2 aromatic carbocycles. The first-order chi connectivity index (χ1) is 14.6. The molecule has 0 saturated carbocycles. The van der Waals surface area contributed by atoms with Gasteiger partial charge in [0.05, 0.1) is 5.54 Å². The molecule has 2 N–H and O–H groups in total. The van der Waals surface area contributed by atoms with Gasteiger partial charge in [0.15, 0.2) is 6.04 Å². The van der Waals surface area contributed by atoms with Crippen molar-refractivity contribution in [1.29, 1.82) is 0 Å². The number of rotatable bonds is 7. The van der Waals surface area contributed by atoms with Gasteiger partial charge in [0.25, 0.3) is 0 Å². The fourth-order valence-corrected chi connectivity index (χ4v) is 4.44. The van der Waals surface area contributed by atoms with Gasteiger partial charge in [-0.05, 0) is 30.7 Å². The average Bonchev–Trinajstić information content (AvgIpc) is 3.27. The van der Waals surface area contributed by atoms with Gasteiger partial charge >= 0.3 is 0 Å². The summed E-state index contributed by atoms with van der Waals surface area (Å²) >= 11 is 0. The van der Waals surface area contributed by atoms with Crippen molar-refractivity contribution in [3.05, 3.63) is 77.6 Å². The molecule has 2 heterocycles. The van der Waals surface area contributed by atoms with E-state index in [1.807, 2.05) is 0 Å². The molecule has 6 nitrogen and oxygen atoms in total. The third-order valence-electron chi connectivity index (χ3n) is 6.63. The lowest BCUT2D eigenvalue weighted by molar-refractivity contribution is -1.03. The van der Waals surface area contributed by atoms with Gasteiger partial charge < -0.3 is 9.80 Å². The molecule has 158 valence electrons. The first-order valence-corrected chi connectivity index (χ1v) is 11.1. The fourth-order valence-electron chi connectivity index (χ4n) is 4.44. The molecule has 1 atom stereocenters. The van der Waals surface area contributed by atoms with E-state index in [9.17, 15) is 0 Å². The van der Waals surface area contributed by atoms with Gasteiger partial charge in [-0.1, -0.05) is 67.6 Å². The van der Waals surface area contributed by atoms with Crippen LogP contribution in [0.4, 0.5) is 0 Å². The summed E-state index contributed by atoms with van der Waals surface area (Å²) < 4.78 is 2.06. The third kappa shape index (κ3) is 4.45. The number of quaternary nitrogens is 2. The summed E-state index contributed by atoms with van der Waals surface area (Å²) in [5, 5.41) is 13.0. The Kier molecular flexibility index (Phi) is 6.25. The van der Waals surface area contributed by atoms with Crippen LogP contribution in [0.15, 0.2) is 60.7 Å². The molecule has 0 radical (unpaired) electrons. The Morgan fingerprint density at radius 1 is 0.933 bits per heavy atom. The maximum atomic E-state index is 4.54. The second-order valence-electron chi connectivity index (χ2n) is 9.03. The number of nitrogens with one attached hydrogen (secondary N) is 2. The van der Waals surface area contributed by atoms with Gasteiger partial charge in [-0.2, -0.15) is 0 Å². The Morgan fingerprint density at radius 3 is 2.20 bits per heavy atom. The molecule has 1 aliphatic rings. The van der Waals surface area contributed by atoms with Crippen molar-refractivity contribution in [1.82, 2.24) is 20.2 Å². The van der Waals surface area contributed by atoms with E-state index in [2.05, 4.69) is 102 Å². The molecule has 1 fully saturated rings. The normalized spacial score (nSPS) is 20.8. The smallest absolute Gasteiger partial charge is 0.214 e. The highest BCUT2D eigenvalue weighted by molar-refractivity contribution is 5.22. The number of piperazine rings is 1. The molecule has 0 unspecified atom stereocenters. The number of benzene rings is 2. The second kappa shape index (κ2) is 9.06. The summed E-state index contributed by atoms with van der Waals surface area (Å²) in [5.41, 5.74) is 2.61. The van der Waals surface area contributed by atoms with Gasteiger partial charge in [0.1, 0.15) is 32.7 Å². The number of aromatic nitrogens is 4. The van der Waals surface area contributed by atoms with E-state index in [1.54, 1.807) is 9.80 Å². The van der Waals surface area contributed by atoms with E-state index < -0.39 is 0 Å². The van der Waals surface area contributed by atoms with E-state index in [0.717, 1.165) is 45.0 Å². The molecule has 1 aliphatic heterocycles. The topological polar surface area (TPSA) is 52.5 Å². The van der Waals surface area contributed by atoms with Gasteiger partial charge in [-0.15, -0.1) is 5.10 Å². The average molecular weight is 407 g/mol. The first kappa shape index (κ1) is 20.7. The quantitative estimate of drug-likeness (QED) is 0.613. The van der Waals surface area contributed by atoms with E-state index >= 15 is 0 Å². The van der Waals surface area contributed by atoms with E-state index in [0.29, 0.717) is 0 Å². The molecule has 3 aromatic rings. The maximum absolute atomic E-state index is 4.54. The van der Waals surface area contributed by atoms with Crippen LogP contribution >= 0.6 is 0 Å². The van der Waals surface area contributed by atoms with Crippen LogP contribution in [-0.2, 0) is 12.1 Å². The summed E-state index contributed by atoms with van der Waals surface area (Å²) in [6, 6.07) is 21.8. The summed E-state index contributed by atoms with van der Waals surface area (Å²) in [4.78, 5) is 3.21. The van der Waals surface area contributed by atoms with Crippen LogP contribution in [0.1, 0.15) is 50.2 Å². The molecule has 0 bridgehead atoms. The van der Waals surface area contributed by atoms with Gasteiger partial charge in [0.2, 0.25) is 5.82 Å². The lowest BCUT2D eigenvalue weighted by Gasteiger charge is -2.35. The molecule has 1 aromatic heterocycles. The highest BCUT2D eigenvalue weighted by Gasteiger charge is 2.37. The first-order valence-electron chi connectivity index (χ1n) is 11.1. The van der Waals surface area contributed by atoms with Crippen molar-refractivity contribution in [2.75, 3.05) is 26.2 Å². The van der Waals surface area contributed by atoms with Crippen molar-refractivity contribution in [2.24, 2.45) is 0 Å². The van der Waals surface area contributed by atoms with E-state index in [1.165, 1.54) is 11.1 Å². The summed E-state index contributed by atoms with van der Waals surface area (Å²) in [6.45, 7) is 12.3. The van der Waals surface area contributed by atoms with Crippen molar-refractivity contribution < 1.29 is 9.80 Å². The molecule has 0 amide bonds. The van der Waals surface area contributed by atoms with Crippen LogP contribution in [0.5, 0.6) is 0 Å². The van der Waals surface area contributed by atoms with Crippen molar-refractivity contribution >= 4 is 0 Å². The second-order valence-corrected chi connectivity index (χ2v) is 9.03. The van der Waals surface area contributed by atoms with Crippen LogP contribution < -0.4 is 9.80 Å². The molecule has 30 heavy (non-hydrogen) atoms. The zero-order valence-corrected chi connectivity index (χ0v) is 18.4. The fraction of sp³-hybridized carbons (Fsp3) is 0.458. The standard InChI is InChI=1S/C24H32N6/c1-4-24(2,3)30-23(25-26-27-30)22(21-13-9-6-10-14-21)29-17-15-28(16-18-29)19-20-11-7-5-8-12-20/h5-14,22H,4,15-19H2,1-3H3/p+2/t22-/m0/s1. The Hall–Kier alpha value is -2.57. The minimum Gasteiger partial charge on any atom is -0.322 e. The van der Waals surface area contributed by atoms with Crippen molar-refractivity contribution in [2.45, 2.75) is 45.3 Å². The Bertz CT molecular complexity index is 913. The molecule has 1 saturated heterocycles. The van der Waals surface area contributed by atoms with Crippen molar-refractivity contribution in [3.8, 4) is 0 Å². The van der Waals surface area contributed by atoms with Crippen molar-refractivity contribution in [3.63, 3.8) is 0 Å². The van der Waals surface area contributed by atoms with Gasteiger partial charge in [-0.3, -0.25) is 0 Å². The molecular formula is C24H34N6+2. The monoisotopic (exact) mass is 406 g/mol. The molecule has 4 rings (SSSR count). The summed E-state index contributed by atoms with van der Waals surface area (Å²) in [6.07, 6.45) is 0.983. The largest absolute Gasteiger partial charge is 0.322 e. The van der Waals surface area contributed by atoms with Crippen LogP contribution in [0, 0.1) is 0 Å². The highest BCUT2D eigenvalue weighted by atomic mass is 15.6. The lowest BCUT2D eigenvalue weighted by Crippen LogP contribution is -3.27. The number of hydrogen-bond donors (Lipinski definition) is 2. The Labute approximate surface area is 179 Å². The van der Waals surface area contributed by atoms with Gasteiger partial charge in [0, 0.05) is 11.1 Å². The van der Waals surface area contributed by atoms with E-state index in [4.69, 9.17) is 0 Å². The lowest BCUT2D eigenvalue weighted by atomic mass is 9.99. The SMILES string of the molecule is CCC(C)(C)n1nnnc1[C@H](c1ccccc1)[NH+]1CC[NH+](Cc2ccccc2)CC1. The molecule has 0 aliphatic carbocycles.